The SMILES string of the molecule is O=S(=O)(Nc1ccc(Br)c2ccccc12)c1cnc[nH]1. The van der Waals surface area contributed by atoms with Crippen molar-refractivity contribution in [1.82, 2.24) is 9.97 Å². The molecule has 0 fully saturated rings. The second kappa shape index (κ2) is 4.92. The van der Waals surface area contributed by atoms with Gasteiger partial charge in [0, 0.05) is 9.86 Å². The molecule has 1 heterocycles. The maximum atomic E-state index is 12.2. The normalized spacial score (nSPS) is 11.7. The molecule has 0 bridgehead atoms. The van der Waals surface area contributed by atoms with Crippen LogP contribution in [0.3, 0.4) is 0 Å². The van der Waals surface area contributed by atoms with Crippen LogP contribution in [0.4, 0.5) is 5.69 Å². The molecule has 0 saturated heterocycles. The first-order valence-electron chi connectivity index (χ1n) is 5.76. The van der Waals surface area contributed by atoms with Crippen LogP contribution in [0.5, 0.6) is 0 Å². The van der Waals surface area contributed by atoms with E-state index in [1.54, 1.807) is 6.07 Å². The summed E-state index contributed by atoms with van der Waals surface area (Å²) in [6.45, 7) is 0. The summed E-state index contributed by atoms with van der Waals surface area (Å²) in [6, 6.07) is 11.1. The number of imidazole rings is 1. The van der Waals surface area contributed by atoms with Gasteiger partial charge in [0.05, 0.1) is 18.2 Å². The van der Waals surface area contributed by atoms with Gasteiger partial charge in [0.25, 0.3) is 10.0 Å². The Hall–Kier alpha value is -1.86. The van der Waals surface area contributed by atoms with Gasteiger partial charge >= 0.3 is 0 Å². The molecule has 0 spiro atoms. The standard InChI is InChI=1S/C13H10BrN3O2S/c14-11-5-6-12(10-4-2-1-3-9(10)11)17-20(18,19)13-7-15-8-16-13/h1-8,17H,(H,15,16). The Morgan fingerprint density at radius 1 is 1.10 bits per heavy atom. The molecule has 102 valence electrons. The fraction of sp³-hybridized carbons (Fsp3) is 0. The molecule has 0 aliphatic heterocycles. The van der Waals surface area contributed by atoms with E-state index in [-0.39, 0.29) is 5.03 Å². The first kappa shape index (κ1) is 13.1. The van der Waals surface area contributed by atoms with Crippen molar-refractivity contribution in [2.24, 2.45) is 0 Å². The number of hydrogen-bond donors (Lipinski definition) is 2. The van der Waals surface area contributed by atoms with Crippen LogP contribution in [0.2, 0.25) is 0 Å². The molecule has 2 N–H and O–H groups in total. The van der Waals surface area contributed by atoms with Crippen molar-refractivity contribution >= 4 is 42.4 Å². The maximum absolute atomic E-state index is 12.2. The Bertz CT molecular complexity index is 860. The van der Waals surface area contributed by atoms with Crippen LogP contribution in [0.25, 0.3) is 10.8 Å². The first-order chi connectivity index (χ1) is 9.58. The van der Waals surface area contributed by atoms with E-state index in [1.165, 1.54) is 12.5 Å². The number of rotatable bonds is 3. The quantitative estimate of drug-likeness (QED) is 0.761. The molecular formula is C13H10BrN3O2S. The highest BCUT2D eigenvalue weighted by molar-refractivity contribution is 9.10. The number of sulfonamides is 1. The van der Waals surface area contributed by atoms with Crippen LogP contribution >= 0.6 is 15.9 Å². The predicted octanol–water partition coefficient (Wildman–Crippen LogP) is 3.13. The van der Waals surface area contributed by atoms with Crippen molar-refractivity contribution in [3.63, 3.8) is 0 Å². The molecule has 0 aliphatic rings. The zero-order chi connectivity index (χ0) is 14.2. The summed E-state index contributed by atoms with van der Waals surface area (Å²) in [6.07, 6.45) is 2.59. The van der Waals surface area contributed by atoms with Crippen LogP contribution in [-0.2, 0) is 10.0 Å². The van der Waals surface area contributed by atoms with Gasteiger partial charge in [-0.1, -0.05) is 40.2 Å². The molecule has 2 aromatic carbocycles. The van der Waals surface area contributed by atoms with Crippen LogP contribution in [0, 0.1) is 0 Å². The third kappa shape index (κ3) is 2.30. The summed E-state index contributed by atoms with van der Waals surface area (Å²) in [5.74, 6) is 0. The van der Waals surface area contributed by atoms with Crippen LogP contribution < -0.4 is 4.72 Å². The molecule has 1 aromatic heterocycles. The lowest BCUT2D eigenvalue weighted by atomic mass is 10.1. The lowest BCUT2D eigenvalue weighted by Gasteiger charge is -2.10. The number of halogens is 1. The number of aromatic amines is 1. The van der Waals surface area contributed by atoms with E-state index >= 15 is 0 Å². The number of fused-ring (bicyclic) bond motifs is 1. The topological polar surface area (TPSA) is 74.8 Å². The number of nitrogens with one attached hydrogen (secondary N) is 2. The number of benzene rings is 2. The number of anilines is 1. The highest BCUT2D eigenvalue weighted by Gasteiger charge is 2.17. The minimum Gasteiger partial charge on any atom is -0.334 e. The van der Waals surface area contributed by atoms with Crippen LogP contribution in [0.1, 0.15) is 0 Å². The Morgan fingerprint density at radius 3 is 2.55 bits per heavy atom. The van der Waals surface area contributed by atoms with E-state index < -0.39 is 10.0 Å². The lowest BCUT2D eigenvalue weighted by Crippen LogP contribution is -2.13. The average molecular weight is 352 g/mol. The van der Waals surface area contributed by atoms with Gasteiger partial charge in [0.15, 0.2) is 5.03 Å². The smallest absolute Gasteiger partial charge is 0.278 e. The van der Waals surface area contributed by atoms with E-state index in [0.717, 1.165) is 15.2 Å². The zero-order valence-electron chi connectivity index (χ0n) is 10.2. The molecule has 3 rings (SSSR count). The minimum absolute atomic E-state index is 0.0319. The van der Waals surface area contributed by atoms with E-state index in [1.807, 2.05) is 30.3 Å². The monoisotopic (exact) mass is 351 g/mol. The van der Waals surface area contributed by atoms with Crippen LogP contribution in [-0.4, -0.2) is 18.4 Å². The predicted molar refractivity (Wildman–Crippen MR) is 81.0 cm³/mol. The second-order valence-electron chi connectivity index (χ2n) is 4.16. The van der Waals surface area contributed by atoms with Crippen LogP contribution in [0.15, 0.2) is 58.4 Å². The van der Waals surface area contributed by atoms with Crippen molar-refractivity contribution in [2.75, 3.05) is 4.72 Å². The van der Waals surface area contributed by atoms with Gasteiger partial charge in [-0.05, 0) is 17.5 Å². The molecule has 0 atom stereocenters. The van der Waals surface area contributed by atoms with Crippen molar-refractivity contribution in [3.05, 3.63) is 53.4 Å². The number of aromatic nitrogens is 2. The van der Waals surface area contributed by atoms with E-state index in [2.05, 4.69) is 30.6 Å². The molecule has 3 aromatic rings. The van der Waals surface area contributed by atoms with Gasteiger partial charge in [-0.25, -0.2) is 4.98 Å². The van der Waals surface area contributed by atoms with Gasteiger partial charge in [-0.15, -0.1) is 0 Å². The Labute approximate surface area is 124 Å². The molecule has 0 amide bonds. The summed E-state index contributed by atoms with van der Waals surface area (Å²) in [5, 5.41) is 1.80. The molecule has 20 heavy (non-hydrogen) atoms. The van der Waals surface area contributed by atoms with E-state index in [4.69, 9.17) is 0 Å². The summed E-state index contributed by atoms with van der Waals surface area (Å²) >= 11 is 3.46. The zero-order valence-corrected chi connectivity index (χ0v) is 12.6. The number of hydrogen-bond acceptors (Lipinski definition) is 3. The molecule has 0 radical (unpaired) electrons. The van der Waals surface area contributed by atoms with Gasteiger partial charge in [0.1, 0.15) is 0 Å². The third-order valence-corrected chi connectivity index (χ3v) is 4.86. The largest absolute Gasteiger partial charge is 0.334 e. The fourth-order valence-electron chi connectivity index (χ4n) is 1.94. The lowest BCUT2D eigenvalue weighted by molar-refractivity contribution is 0.598. The van der Waals surface area contributed by atoms with Crippen molar-refractivity contribution in [3.8, 4) is 0 Å². The highest BCUT2D eigenvalue weighted by Crippen LogP contribution is 2.30. The minimum atomic E-state index is -3.66. The first-order valence-corrected chi connectivity index (χ1v) is 8.04. The fourth-order valence-corrected chi connectivity index (χ4v) is 3.40. The Morgan fingerprint density at radius 2 is 1.85 bits per heavy atom. The molecular weight excluding hydrogens is 342 g/mol. The summed E-state index contributed by atoms with van der Waals surface area (Å²) in [4.78, 5) is 6.31. The summed E-state index contributed by atoms with van der Waals surface area (Å²) in [5.41, 5.74) is 0.526. The van der Waals surface area contributed by atoms with Crippen molar-refractivity contribution < 1.29 is 8.42 Å². The summed E-state index contributed by atoms with van der Waals surface area (Å²) < 4.78 is 27.9. The second-order valence-corrected chi connectivity index (χ2v) is 6.67. The van der Waals surface area contributed by atoms with Gasteiger partial charge in [-0.3, -0.25) is 4.72 Å². The number of nitrogens with zero attached hydrogens (tertiary/aromatic N) is 1. The number of H-pyrrole nitrogens is 1. The van der Waals surface area contributed by atoms with E-state index in [0.29, 0.717) is 5.69 Å². The maximum Gasteiger partial charge on any atom is 0.278 e. The van der Waals surface area contributed by atoms with Gasteiger partial charge in [0.2, 0.25) is 0 Å². The average Bonchev–Trinajstić information content (AvgIpc) is 2.97. The van der Waals surface area contributed by atoms with Gasteiger partial charge < -0.3 is 4.98 Å². The molecule has 7 heteroatoms. The van der Waals surface area contributed by atoms with E-state index in [9.17, 15) is 8.42 Å². The third-order valence-electron chi connectivity index (χ3n) is 2.88. The summed E-state index contributed by atoms with van der Waals surface area (Å²) in [7, 11) is -3.66. The Kier molecular flexibility index (Phi) is 3.23. The molecule has 0 unspecified atom stereocenters. The van der Waals surface area contributed by atoms with Gasteiger partial charge in [-0.2, -0.15) is 8.42 Å². The van der Waals surface area contributed by atoms with Crippen molar-refractivity contribution in [2.45, 2.75) is 5.03 Å². The molecule has 0 aliphatic carbocycles. The van der Waals surface area contributed by atoms with Crippen molar-refractivity contribution in [1.29, 1.82) is 0 Å². The highest BCUT2D eigenvalue weighted by atomic mass is 79.9. The Balaban J connectivity index is 2.11. The molecule has 0 saturated carbocycles. The molecule has 5 nitrogen and oxygen atoms in total.